The molecule has 0 spiro atoms. The van der Waals surface area contributed by atoms with Gasteiger partial charge >= 0.3 is 0 Å². The van der Waals surface area contributed by atoms with E-state index in [1.54, 1.807) is 0 Å². The van der Waals surface area contributed by atoms with Crippen molar-refractivity contribution in [2.45, 2.75) is 83.2 Å². The van der Waals surface area contributed by atoms with Crippen LogP contribution in [0.5, 0.6) is 0 Å². The molecular formula is C16H27NO. The van der Waals surface area contributed by atoms with Crippen molar-refractivity contribution in [2.75, 3.05) is 0 Å². The summed E-state index contributed by atoms with van der Waals surface area (Å²) in [5.41, 5.74) is -1.15. The summed E-state index contributed by atoms with van der Waals surface area (Å²) in [5.74, 6) is 0.644. The zero-order chi connectivity index (χ0) is 13.1. The summed E-state index contributed by atoms with van der Waals surface area (Å²) < 4.78 is 0. The molecule has 18 heavy (non-hydrogen) atoms. The zero-order valence-electron chi connectivity index (χ0n) is 11.7. The Morgan fingerprint density at radius 1 is 1.11 bits per heavy atom. The van der Waals surface area contributed by atoms with Crippen LogP contribution in [0.2, 0.25) is 0 Å². The minimum atomic E-state index is -0.702. The Bertz CT molecular complexity index is 312. The van der Waals surface area contributed by atoms with Crippen LogP contribution in [0.15, 0.2) is 0 Å². The standard InChI is InChI=1S/C16H27NO/c1-2-14-8-7-9-15(12-14,13-17)16(18)10-5-3-4-6-11-16/h14,18H,2-12H2,1H3. The summed E-state index contributed by atoms with van der Waals surface area (Å²) in [6, 6.07) is 2.57. The van der Waals surface area contributed by atoms with Gasteiger partial charge in [0.25, 0.3) is 0 Å². The van der Waals surface area contributed by atoms with Crippen LogP contribution in [0.25, 0.3) is 0 Å². The fraction of sp³-hybridized carbons (Fsp3) is 0.938. The third-order valence-electron chi connectivity index (χ3n) is 5.47. The Labute approximate surface area is 111 Å². The molecule has 2 nitrogen and oxygen atoms in total. The second-order valence-electron chi connectivity index (χ2n) is 6.51. The molecular weight excluding hydrogens is 222 g/mol. The van der Waals surface area contributed by atoms with Gasteiger partial charge in [0.1, 0.15) is 0 Å². The SMILES string of the molecule is CCC1CCCC(C#N)(C2(O)CCCCCC2)C1. The summed E-state index contributed by atoms with van der Waals surface area (Å²) in [6.07, 6.45) is 11.7. The van der Waals surface area contributed by atoms with Crippen LogP contribution in [0.1, 0.15) is 77.6 Å². The van der Waals surface area contributed by atoms with Crippen molar-refractivity contribution in [3.63, 3.8) is 0 Å². The third kappa shape index (κ3) is 2.43. The second-order valence-corrected chi connectivity index (χ2v) is 6.51. The lowest BCUT2D eigenvalue weighted by molar-refractivity contribution is -0.0921. The summed E-state index contributed by atoms with van der Waals surface area (Å²) >= 11 is 0. The van der Waals surface area contributed by atoms with Crippen LogP contribution in [0, 0.1) is 22.7 Å². The number of nitriles is 1. The quantitative estimate of drug-likeness (QED) is 0.746. The molecule has 0 aromatic rings. The van der Waals surface area contributed by atoms with Crippen LogP contribution in [-0.4, -0.2) is 10.7 Å². The van der Waals surface area contributed by atoms with Gasteiger partial charge in [-0.1, -0.05) is 51.9 Å². The minimum absolute atomic E-state index is 0.448. The number of rotatable bonds is 2. The van der Waals surface area contributed by atoms with E-state index in [2.05, 4.69) is 13.0 Å². The average molecular weight is 249 g/mol. The van der Waals surface area contributed by atoms with Gasteiger partial charge in [0.2, 0.25) is 0 Å². The first-order valence-electron chi connectivity index (χ1n) is 7.79. The van der Waals surface area contributed by atoms with Crippen molar-refractivity contribution >= 4 is 0 Å². The van der Waals surface area contributed by atoms with Gasteiger partial charge in [-0.3, -0.25) is 0 Å². The summed E-state index contributed by atoms with van der Waals surface area (Å²) in [4.78, 5) is 0. The van der Waals surface area contributed by atoms with Crippen LogP contribution in [0.3, 0.4) is 0 Å². The molecule has 0 amide bonds. The van der Waals surface area contributed by atoms with Crippen molar-refractivity contribution in [1.29, 1.82) is 5.26 Å². The predicted octanol–water partition coefficient (Wildman–Crippen LogP) is 4.18. The first-order valence-corrected chi connectivity index (χ1v) is 7.79. The molecule has 102 valence electrons. The van der Waals surface area contributed by atoms with E-state index in [-0.39, 0.29) is 0 Å². The average Bonchev–Trinajstić information content (AvgIpc) is 2.64. The summed E-state index contributed by atoms with van der Waals surface area (Å²) in [6.45, 7) is 2.22. The lowest BCUT2D eigenvalue weighted by Crippen LogP contribution is -2.49. The fourth-order valence-electron chi connectivity index (χ4n) is 4.16. The highest BCUT2D eigenvalue weighted by Gasteiger charge is 2.52. The van der Waals surface area contributed by atoms with Crippen LogP contribution < -0.4 is 0 Å². The molecule has 2 unspecified atom stereocenters. The minimum Gasteiger partial charge on any atom is -0.388 e. The van der Waals surface area contributed by atoms with Crippen molar-refractivity contribution < 1.29 is 5.11 Å². The zero-order valence-corrected chi connectivity index (χ0v) is 11.7. The molecule has 2 aliphatic rings. The number of nitrogens with zero attached hydrogens (tertiary/aromatic N) is 1. The molecule has 0 bridgehead atoms. The van der Waals surface area contributed by atoms with E-state index in [0.717, 1.165) is 51.4 Å². The topological polar surface area (TPSA) is 44.0 Å². The molecule has 0 heterocycles. The van der Waals surface area contributed by atoms with Crippen molar-refractivity contribution in [3.05, 3.63) is 0 Å². The highest BCUT2D eigenvalue weighted by atomic mass is 16.3. The number of aliphatic hydroxyl groups is 1. The maximum Gasteiger partial charge on any atom is 0.0862 e. The van der Waals surface area contributed by atoms with Gasteiger partial charge in [-0.2, -0.15) is 5.26 Å². The van der Waals surface area contributed by atoms with E-state index < -0.39 is 11.0 Å². The predicted molar refractivity (Wildman–Crippen MR) is 72.9 cm³/mol. The Hall–Kier alpha value is -0.550. The molecule has 2 rings (SSSR count). The Kier molecular flexibility index (Phi) is 4.33. The molecule has 2 fully saturated rings. The normalized spacial score (nSPS) is 36.6. The summed E-state index contributed by atoms with van der Waals surface area (Å²) in [5, 5.41) is 20.9. The maximum atomic E-state index is 11.1. The molecule has 2 aliphatic carbocycles. The molecule has 0 aliphatic heterocycles. The van der Waals surface area contributed by atoms with E-state index in [1.165, 1.54) is 19.3 Å². The maximum absolute atomic E-state index is 11.1. The van der Waals surface area contributed by atoms with E-state index in [1.807, 2.05) is 0 Å². The number of hydrogen-bond acceptors (Lipinski definition) is 2. The summed E-state index contributed by atoms with van der Waals surface area (Å²) in [7, 11) is 0. The third-order valence-corrected chi connectivity index (χ3v) is 5.47. The smallest absolute Gasteiger partial charge is 0.0862 e. The molecule has 2 heteroatoms. The largest absolute Gasteiger partial charge is 0.388 e. The highest BCUT2D eigenvalue weighted by molar-refractivity contribution is 5.13. The van der Waals surface area contributed by atoms with Gasteiger partial charge in [0, 0.05) is 0 Å². The van der Waals surface area contributed by atoms with Crippen LogP contribution >= 0.6 is 0 Å². The van der Waals surface area contributed by atoms with Crippen LogP contribution in [0.4, 0.5) is 0 Å². The van der Waals surface area contributed by atoms with Gasteiger partial charge in [-0.05, 0) is 31.6 Å². The van der Waals surface area contributed by atoms with Gasteiger partial charge in [-0.15, -0.1) is 0 Å². The Morgan fingerprint density at radius 2 is 1.78 bits per heavy atom. The molecule has 1 N–H and O–H groups in total. The fourth-order valence-corrected chi connectivity index (χ4v) is 4.16. The second kappa shape index (κ2) is 5.61. The highest BCUT2D eigenvalue weighted by Crippen LogP contribution is 2.52. The molecule has 0 saturated heterocycles. The first kappa shape index (κ1) is 13.9. The first-order chi connectivity index (χ1) is 8.66. The van der Waals surface area contributed by atoms with Gasteiger partial charge < -0.3 is 5.11 Å². The molecule has 2 atom stereocenters. The molecule has 0 aromatic carbocycles. The monoisotopic (exact) mass is 249 g/mol. The van der Waals surface area contributed by atoms with Crippen molar-refractivity contribution in [3.8, 4) is 6.07 Å². The molecule has 0 radical (unpaired) electrons. The Balaban J connectivity index is 2.22. The lowest BCUT2D eigenvalue weighted by atomic mass is 9.59. The van der Waals surface area contributed by atoms with Gasteiger partial charge in [-0.25, -0.2) is 0 Å². The number of hydrogen-bond donors (Lipinski definition) is 1. The molecule has 0 aromatic heterocycles. The van der Waals surface area contributed by atoms with Crippen molar-refractivity contribution in [1.82, 2.24) is 0 Å². The van der Waals surface area contributed by atoms with Gasteiger partial charge in [0.15, 0.2) is 0 Å². The van der Waals surface area contributed by atoms with E-state index in [4.69, 9.17) is 0 Å². The van der Waals surface area contributed by atoms with E-state index >= 15 is 0 Å². The Morgan fingerprint density at radius 3 is 2.33 bits per heavy atom. The van der Waals surface area contributed by atoms with E-state index in [0.29, 0.717) is 5.92 Å². The lowest BCUT2D eigenvalue weighted by Gasteiger charge is -2.47. The molecule has 2 saturated carbocycles. The van der Waals surface area contributed by atoms with Crippen LogP contribution in [-0.2, 0) is 0 Å². The van der Waals surface area contributed by atoms with E-state index in [9.17, 15) is 10.4 Å². The van der Waals surface area contributed by atoms with Gasteiger partial charge in [0.05, 0.1) is 17.1 Å². The van der Waals surface area contributed by atoms with Crippen molar-refractivity contribution in [2.24, 2.45) is 11.3 Å².